The molecule has 0 aliphatic heterocycles. The number of aryl methyl sites for hydroxylation is 1. The molecule has 3 rings (SSSR count). The topological polar surface area (TPSA) is 42.0 Å². The number of benzene rings is 2. The lowest BCUT2D eigenvalue weighted by Gasteiger charge is -2.03. The highest BCUT2D eigenvalue weighted by molar-refractivity contribution is 7.13. The highest BCUT2D eigenvalue weighted by atomic mass is 32.1. The van der Waals surface area contributed by atoms with Crippen molar-refractivity contribution < 1.29 is 9.18 Å². The number of amides is 1. The Bertz CT molecular complexity index is 844. The summed E-state index contributed by atoms with van der Waals surface area (Å²) in [4.78, 5) is 16.5. The first-order chi connectivity index (χ1) is 11.1. The predicted octanol–water partition coefficient (Wildman–Crippen LogP) is 4.44. The second-order valence-corrected chi connectivity index (χ2v) is 6.11. The molecule has 0 bridgehead atoms. The Morgan fingerprint density at radius 3 is 2.83 bits per heavy atom. The Hall–Kier alpha value is -2.53. The normalized spacial score (nSPS) is 10.5. The molecule has 5 heteroatoms. The Labute approximate surface area is 137 Å². The van der Waals surface area contributed by atoms with E-state index in [-0.39, 0.29) is 18.1 Å². The average molecular weight is 326 g/mol. The van der Waals surface area contributed by atoms with Crippen molar-refractivity contribution in [3.63, 3.8) is 0 Å². The molecule has 1 amide bonds. The van der Waals surface area contributed by atoms with E-state index in [4.69, 9.17) is 0 Å². The van der Waals surface area contributed by atoms with Crippen LogP contribution in [0.3, 0.4) is 0 Å². The largest absolute Gasteiger partial charge is 0.326 e. The van der Waals surface area contributed by atoms with Gasteiger partial charge in [-0.1, -0.05) is 29.8 Å². The third kappa shape index (κ3) is 4.02. The van der Waals surface area contributed by atoms with Crippen LogP contribution >= 0.6 is 11.3 Å². The number of nitrogens with zero attached hydrogens (tertiary/aromatic N) is 1. The molecule has 2 aromatic carbocycles. The van der Waals surface area contributed by atoms with Crippen molar-refractivity contribution in [2.24, 2.45) is 0 Å². The van der Waals surface area contributed by atoms with Gasteiger partial charge in [-0.25, -0.2) is 9.37 Å². The van der Waals surface area contributed by atoms with Gasteiger partial charge in [0.2, 0.25) is 5.91 Å². The fourth-order valence-corrected chi connectivity index (χ4v) is 3.05. The van der Waals surface area contributed by atoms with Gasteiger partial charge in [-0.2, -0.15) is 0 Å². The minimum Gasteiger partial charge on any atom is -0.326 e. The van der Waals surface area contributed by atoms with Gasteiger partial charge in [0, 0.05) is 16.6 Å². The maximum absolute atomic E-state index is 13.1. The number of hydrogen-bond donors (Lipinski definition) is 1. The first kappa shape index (κ1) is 15.4. The average Bonchev–Trinajstić information content (AvgIpc) is 2.95. The molecular weight excluding hydrogens is 311 g/mol. The number of nitrogens with one attached hydrogen (secondary N) is 1. The zero-order chi connectivity index (χ0) is 16.2. The lowest BCUT2D eigenvalue weighted by Crippen LogP contribution is -2.14. The zero-order valence-corrected chi connectivity index (χ0v) is 13.4. The predicted molar refractivity (Wildman–Crippen MR) is 91.0 cm³/mol. The molecule has 0 fully saturated rings. The molecule has 0 unspecified atom stereocenters. The Kier molecular flexibility index (Phi) is 4.48. The number of thiazole rings is 1. The van der Waals surface area contributed by atoms with Crippen LogP contribution in [0.15, 0.2) is 53.9 Å². The minimum atomic E-state index is -0.377. The van der Waals surface area contributed by atoms with Crippen molar-refractivity contribution >= 4 is 22.9 Å². The molecular formula is C18H15FN2OS. The van der Waals surface area contributed by atoms with E-state index in [9.17, 15) is 9.18 Å². The smallest absolute Gasteiger partial charge is 0.230 e. The molecule has 0 radical (unpaired) electrons. The van der Waals surface area contributed by atoms with Crippen molar-refractivity contribution in [3.8, 4) is 10.6 Å². The van der Waals surface area contributed by atoms with E-state index in [1.807, 2.05) is 30.5 Å². The Morgan fingerprint density at radius 1 is 1.22 bits per heavy atom. The number of hydrogen-bond acceptors (Lipinski definition) is 3. The quantitative estimate of drug-likeness (QED) is 0.770. The van der Waals surface area contributed by atoms with Gasteiger partial charge in [-0.15, -0.1) is 11.3 Å². The monoisotopic (exact) mass is 326 g/mol. The molecule has 0 aliphatic carbocycles. The number of carbonyl (C=O) groups is 1. The third-order valence-electron chi connectivity index (χ3n) is 3.27. The van der Waals surface area contributed by atoms with Gasteiger partial charge in [0.25, 0.3) is 0 Å². The van der Waals surface area contributed by atoms with E-state index < -0.39 is 0 Å². The third-order valence-corrected chi connectivity index (χ3v) is 4.21. The summed E-state index contributed by atoms with van der Waals surface area (Å²) in [5, 5.41) is 5.44. The van der Waals surface area contributed by atoms with Crippen molar-refractivity contribution in [1.29, 1.82) is 0 Å². The zero-order valence-electron chi connectivity index (χ0n) is 12.5. The lowest BCUT2D eigenvalue weighted by molar-refractivity contribution is -0.115. The fraction of sp³-hybridized carbons (Fsp3) is 0.111. The molecule has 116 valence electrons. The van der Waals surface area contributed by atoms with Crippen molar-refractivity contribution in [1.82, 2.24) is 4.98 Å². The van der Waals surface area contributed by atoms with Gasteiger partial charge in [-0.05, 0) is 31.2 Å². The van der Waals surface area contributed by atoms with Crippen LogP contribution in [0.25, 0.3) is 10.6 Å². The van der Waals surface area contributed by atoms with Crippen LogP contribution in [0.4, 0.5) is 10.1 Å². The van der Waals surface area contributed by atoms with E-state index >= 15 is 0 Å². The lowest BCUT2D eigenvalue weighted by atomic mass is 10.1. The van der Waals surface area contributed by atoms with E-state index in [2.05, 4.69) is 16.4 Å². The van der Waals surface area contributed by atoms with Crippen LogP contribution in [0.1, 0.15) is 11.3 Å². The molecule has 1 heterocycles. The van der Waals surface area contributed by atoms with Crippen molar-refractivity contribution in [3.05, 3.63) is 71.0 Å². The van der Waals surface area contributed by atoms with E-state index in [0.29, 0.717) is 11.4 Å². The van der Waals surface area contributed by atoms with Crippen LogP contribution < -0.4 is 5.32 Å². The van der Waals surface area contributed by atoms with Crippen LogP contribution in [-0.2, 0) is 11.2 Å². The van der Waals surface area contributed by atoms with E-state index in [1.54, 1.807) is 12.1 Å². The number of aromatic nitrogens is 1. The maximum Gasteiger partial charge on any atom is 0.230 e. The van der Waals surface area contributed by atoms with Gasteiger partial charge in [-0.3, -0.25) is 4.79 Å². The first-order valence-corrected chi connectivity index (χ1v) is 8.05. The number of halogens is 1. The van der Waals surface area contributed by atoms with Crippen LogP contribution in [0, 0.1) is 12.7 Å². The summed E-state index contributed by atoms with van der Waals surface area (Å²) in [7, 11) is 0. The molecule has 0 saturated heterocycles. The molecule has 23 heavy (non-hydrogen) atoms. The fourth-order valence-electron chi connectivity index (χ4n) is 2.23. The van der Waals surface area contributed by atoms with Gasteiger partial charge in [0.05, 0.1) is 12.1 Å². The van der Waals surface area contributed by atoms with Crippen LogP contribution in [0.2, 0.25) is 0 Å². The summed E-state index contributed by atoms with van der Waals surface area (Å²) in [6.45, 7) is 2.03. The number of carbonyl (C=O) groups excluding carboxylic acids is 1. The summed E-state index contributed by atoms with van der Waals surface area (Å²) in [6, 6.07) is 13.9. The highest BCUT2D eigenvalue weighted by Gasteiger charge is 2.10. The number of rotatable bonds is 4. The van der Waals surface area contributed by atoms with Crippen molar-refractivity contribution in [2.45, 2.75) is 13.3 Å². The maximum atomic E-state index is 13.1. The first-order valence-electron chi connectivity index (χ1n) is 7.17. The standard InChI is InChI=1S/C18H15FN2OS/c1-12-4-2-5-13(8-12)18-21-16(11-23-18)10-17(22)20-15-7-3-6-14(19)9-15/h2-9,11H,10H2,1H3,(H,20,22). The highest BCUT2D eigenvalue weighted by Crippen LogP contribution is 2.24. The van der Waals surface area contributed by atoms with Gasteiger partial charge in [0.1, 0.15) is 10.8 Å². The van der Waals surface area contributed by atoms with Gasteiger partial charge < -0.3 is 5.32 Å². The molecule has 1 N–H and O–H groups in total. The molecule has 1 aromatic heterocycles. The summed E-state index contributed by atoms with van der Waals surface area (Å²) in [5.41, 5.74) is 3.37. The molecule has 0 spiro atoms. The van der Waals surface area contributed by atoms with Gasteiger partial charge in [0.15, 0.2) is 0 Å². The summed E-state index contributed by atoms with van der Waals surface area (Å²) < 4.78 is 13.1. The SMILES string of the molecule is Cc1cccc(-c2nc(CC(=O)Nc3cccc(F)c3)cs2)c1. The van der Waals surface area contributed by atoms with E-state index in [1.165, 1.54) is 29.0 Å². The summed E-state index contributed by atoms with van der Waals surface area (Å²) in [5.74, 6) is -0.588. The minimum absolute atomic E-state index is 0.166. The Balaban J connectivity index is 1.68. The second-order valence-electron chi connectivity index (χ2n) is 5.25. The summed E-state index contributed by atoms with van der Waals surface area (Å²) in [6.07, 6.45) is 0.166. The molecule has 0 aliphatic rings. The molecule has 0 atom stereocenters. The number of anilines is 1. The second kappa shape index (κ2) is 6.71. The molecule has 3 nitrogen and oxygen atoms in total. The van der Waals surface area contributed by atoms with Crippen molar-refractivity contribution in [2.75, 3.05) is 5.32 Å². The molecule has 0 saturated carbocycles. The summed E-state index contributed by atoms with van der Waals surface area (Å²) >= 11 is 1.51. The van der Waals surface area contributed by atoms with Gasteiger partial charge >= 0.3 is 0 Å². The van der Waals surface area contributed by atoms with E-state index in [0.717, 1.165) is 10.6 Å². The van der Waals surface area contributed by atoms with Crippen LogP contribution in [-0.4, -0.2) is 10.9 Å². The van der Waals surface area contributed by atoms with Crippen LogP contribution in [0.5, 0.6) is 0 Å². The Morgan fingerprint density at radius 2 is 2.04 bits per heavy atom. The molecule has 3 aromatic rings.